The molecular formula is C11H24N2. The number of hydrogen-bond acceptors (Lipinski definition) is 2. The van der Waals surface area contributed by atoms with Gasteiger partial charge in [0.25, 0.3) is 0 Å². The first-order valence-electron chi connectivity index (χ1n) is 5.65. The Balaban J connectivity index is 2.18. The quantitative estimate of drug-likeness (QED) is 0.700. The lowest BCUT2D eigenvalue weighted by molar-refractivity contribution is 0.218. The Morgan fingerprint density at radius 3 is 2.85 bits per heavy atom. The molecule has 1 saturated heterocycles. The zero-order valence-corrected chi connectivity index (χ0v) is 9.34. The second kappa shape index (κ2) is 5.61. The van der Waals surface area contributed by atoms with E-state index < -0.39 is 0 Å². The van der Waals surface area contributed by atoms with Crippen LogP contribution in [0, 0.1) is 5.92 Å². The molecule has 1 N–H and O–H groups in total. The van der Waals surface area contributed by atoms with Crippen molar-refractivity contribution in [3.05, 3.63) is 0 Å². The molecule has 1 fully saturated rings. The van der Waals surface area contributed by atoms with E-state index in [2.05, 4.69) is 31.1 Å². The highest BCUT2D eigenvalue weighted by molar-refractivity contribution is 4.79. The van der Waals surface area contributed by atoms with Crippen LogP contribution in [0.2, 0.25) is 0 Å². The summed E-state index contributed by atoms with van der Waals surface area (Å²) < 4.78 is 0. The molecule has 1 aliphatic rings. The summed E-state index contributed by atoms with van der Waals surface area (Å²) in [6.45, 7) is 8.29. The van der Waals surface area contributed by atoms with E-state index in [1.54, 1.807) is 0 Å². The lowest BCUT2D eigenvalue weighted by Gasteiger charge is -2.26. The van der Waals surface area contributed by atoms with Gasteiger partial charge in [-0.15, -0.1) is 0 Å². The Kier molecular flexibility index (Phi) is 4.74. The fourth-order valence-corrected chi connectivity index (χ4v) is 2.24. The van der Waals surface area contributed by atoms with E-state index in [-0.39, 0.29) is 0 Å². The van der Waals surface area contributed by atoms with Gasteiger partial charge in [-0.1, -0.05) is 20.3 Å². The van der Waals surface area contributed by atoms with Crippen LogP contribution in [0.4, 0.5) is 0 Å². The maximum Gasteiger partial charge on any atom is 0.0229 e. The highest BCUT2D eigenvalue weighted by Crippen LogP contribution is 2.11. The van der Waals surface area contributed by atoms with Gasteiger partial charge in [-0.25, -0.2) is 0 Å². The van der Waals surface area contributed by atoms with Crippen molar-refractivity contribution in [2.24, 2.45) is 5.92 Å². The molecule has 78 valence electrons. The van der Waals surface area contributed by atoms with Gasteiger partial charge in [-0.05, 0) is 32.4 Å². The third kappa shape index (κ3) is 3.65. The molecule has 0 saturated carbocycles. The highest BCUT2D eigenvalue weighted by atomic mass is 15.2. The van der Waals surface area contributed by atoms with Crippen LogP contribution in [0.25, 0.3) is 0 Å². The van der Waals surface area contributed by atoms with Gasteiger partial charge in [-0.3, -0.25) is 0 Å². The molecule has 2 unspecified atom stereocenters. The fourth-order valence-electron chi connectivity index (χ4n) is 2.24. The molecule has 0 bridgehead atoms. The van der Waals surface area contributed by atoms with E-state index in [4.69, 9.17) is 0 Å². The summed E-state index contributed by atoms with van der Waals surface area (Å²) >= 11 is 0. The molecule has 0 amide bonds. The predicted octanol–water partition coefficient (Wildman–Crippen LogP) is 1.72. The zero-order chi connectivity index (χ0) is 9.68. The van der Waals surface area contributed by atoms with Crippen LogP contribution in [0.5, 0.6) is 0 Å². The monoisotopic (exact) mass is 184 g/mol. The fraction of sp³-hybridized carbons (Fsp3) is 1.00. The average molecular weight is 184 g/mol. The lowest BCUT2D eigenvalue weighted by atomic mass is 10.0. The van der Waals surface area contributed by atoms with Crippen LogP contribution in [0.15, 0.2) is 0 Å². The van der Waals surface area contributed by atoms with Crippen LogP contribution in [-0.4, -0.2) is 37.6 Å². The zero-order valence-electron chi connectivity index (χ0n) is 9.34. The molecule has 2 atom stereocenters. The lowest BCUT2D eigenvalue weighted by Crippen LogP contribution is -2.36. The van der Waals surface area contributed by atoms with Crippen molar-refractivity contribution in [2.75, 3.05) is 26.7 Å². The van der Waals surface area contributed by atoms with Gasteiger partial charge in [0.1, 0.15) is 0 Å². The minimum Gasteiger partial charge on any atom is -0.315 e. The van der Waals surface area contributed by atoms with E-state index in [1.165, 1.54) is 38.9 Å². The van der Waals surface area contributed by atoms with Crippen LogP contribution < -0.4 is 5.32 Å². The smallest absolute Gasteiger partial charge is 0.0229 e. The summed E-state index contributed by atoms with van der Waals surface area (Å²) in [5.74, 6) is 0.857. The van der Waals surface area contributed by atoms with Crippen LogP contribution in [0.3, 0.4) is 0 Å². The Labute approximate surface area is 82.7 Å². The third-order valence-electron chi connectivity index (χ3n) is 3.04. The van der Waals surface area contributed by atoms with E-state index in [0.29, 0.717) is 0 Å². The van der Waals surface area contributed by atoms with Gasteiger partial charge in [0, 0.05) is 19.1 Å². The number of rotatable bonds is 5. The molecule has 13 heavy (non-hydrogen) atoms. The van der Waals surface area contributed by atoms with Gasteiger partial charge in [0.2, 0.25) is 0 Å². The Hall–Kier alpha value is -0.0800. The van der Waals surface area contributed by atoms with E-state index in [9.17, 15) is 0 Å². The van der Waals surface area contributed by atoms with Crippen molar-refractivity contribution < 1.29 is 0 Å². The van der Waals surface area contributed by atoms with Gasteiger partial charge >= 0.3 is 0 Å². The van der Waals surface area contributed by atoms with Crippen LogP contribution in [-0.2, 0) is 0 Å². The highest BCUT2D eigenvalue weighted by Gasteiger charge is 2.19. The normalized spacial score (nSPS) is 25.4. The first-order valence-corrected chi connectivity index (χ1v) is 5.65. The summed E-state index contributed by atoms with van der Waals surface area (Å²) in [5, 5.41) is 3.42. The molecule has 0 aromatic heterocycles. The topological polar surface area (TPSA) is 15.3 Å². The second-order valence-corrected chi connectivity index (χ2v) is 4.48. The molecule has 2 heteroatoms. The maximum atomic E-state index is 3.42. The first kappa shape index (κ1) is 11.0. The van der Waals surface area contributed by atoms with Crippen LogP contribution >= 0.6 is 0 Å². The summed E-state index contributed by atoms with van der Waals surface area (Å²) in [5.41, 5.74) is 0. The molecule has 1 heterocycles. The second-order valence-electron chi connectivity index (χ2n) is 4.48. The maximum absolute atomic E-state index is 3.42. The number of nitrogens with one attached hydrogen (secondary N) is 1. The van der Waals surface area contributed by atoms with E-state index in [1.807, 2.05) is 0 Å². The first-order chi connectivity index (χ1) is 6.24. The van der Waals surface area contributed by atoms with Crippen molar-refractivity contribution in [2.45, 2.75) is 39.2 Å². The van der Waals surface area contributed by atoms with Gasteiger partial charge < -0.3 is 10.2 Å². The Bertz CT molecular complexity index is 130. The summed E-state index contributed by atoms with van der Waals surface area (Å²) in [6, 6.07) is 0.791. The molecule has 2 nitrogen and oxygen atoms in total. The van der Waals surface area contributed by atoms with Gasteiger partial charge in [0.05, 0.1) is 0 Å². The van der Waals surface area contributed by atoms with Crippen molar-refractivity contribution in [1.29, 1.82) is 0 Å². The molecule has 0 spiro atoms. The Morgan fingerprint density at radius 2 is 2.31 bits per heavy atom. The number of nitrogens with zero attached hydrogens (tertiary/aromatic N) is 1. The van der Waals surface area contributed by atoms with Gasteiger partial charge in [0.15, 0.2) is 0 Å². The summed E-state index contributed by atoms with van der Waals surface area (Å²) in [4.78, 5) is 2.53. The molecule has 0 aliphatic carbocycles. The predicted molar refractivity (Wildman–Crippen MR) is 58.0 cm³/mol. The number of likely N-dealkylation sites (N-methyl/N-ethyl adjacent to an activating group) is 1. The van der Waals surface area contributed by atoms with Crippen molar-refractivity contribution in [3.63, 3.8) is 0 Å². The minimum absolute atomic E-state index is 0.791. The van der Waals surface area contributed by atoms with Crippen LogP contribution in [0.1, 0.15) is 33.1 Å². The average Bonchev–Trinajstić information content (AvgIpc) is 2.55. The van der Waals surface area contributed by atoms with Gasteiger partial charge in [-0.2, -0.15) is 0 Å². The number of hydrogen-bond donors (Lipinski definition) is 1. The largest absolute Gasteiger partial charge is 0.315 e. The molecule has 0 aromatic carbocycles. The Morgan fingerprint density at radius 1 is 1.54 bits per heavy atom. The van der Waals surface area contributed by atoms with Crippen molar-refractivity contribution >= 4 is 0 Å². The molecule has 1 aliphatic heterocycles. The van der Waals surface area contributed by atoms with Crippen molar-refractivity contribution in [1.82, 2.24) is 10.2 Å². The standard InChI is InChI=1S/C11H24N2/c1-4-5-10(2)9-13(3)11-6-7-12-8-11/h10-12H,4-9H2,1-3H3. The SMILES string of the molecule is CCCC(C)CN(C)C1CCNC1. The molecular weight excluding hydrogens is 160 g/mol. The molecule has 0 aromatic rings. The summed E-state index contributed by atoms with van der Waals surface area (Å²) in [7, 11) is 2.27. The van der Waals surface area contributed by atoms with Crippen molar-refractivity contribution in [3.8, 4) is 0 Å². The van der Waals surface area contributed by atoms with E-state index in [0.717, 1.165) is 12.0 Å². The minimum atomic E-state index is 0.791. The molecule has 1 rings (SSSR count). The summed E-state index contributed by atoms with van der Waals surface area (Å²) in [6.07, 6.45) is 4.01. The molecule has 0 radical (unpaired) electrons. The third-order valence-corrected chi connectivity index (χ3v) is 3.04. The van der Waals surface area contributed by atoms with E-state index >= 15 is 0 Å².